The summed E-state index contributed by atoms with van der Waals surface area (Å²) in [6, 6.07) is 12.7. The van der Waals surface area contributed by atoms with Gasteiger partial charge < -0.3 is 15.2 Å². The molecule has 0 aromatic heterocycles. The summed E-state index contributed by atoms with van der Waals surface area (Å²) in [7, 11) is 1.56. The number of methoxy groups -OCH3 is 1. The van der Waals surface area contributed by atoms with Gasteiger partial charge in [0.25, 0.3) is 0 Å². The molecule has 0 saturated carbocycles. The Hall–Kier alpha value is -3.08. The van der Waals surface area contributed by atoms with E-state index in [4.69, 9.17) is 15.2 Å². The largest absolute Gasteiger partial charge is 0.497 e. The van der Waals surface area contributed by atoms with Crippen molar-refractivity contribution in [2.45, 2.75) is 11.9 Å². The van der Waals surface area contributed by atoms with Gasteiger partial charge in [-0.3, -0.25) is 0 Å². The fourth-order valence-electron chi connectivity index (χ4n) is 2.48. The minimum atomic E-state index is -1.21. The van der Waals surface area contributed by atoms with Crippen LogP contribution in [-0.2, 0) is 9.67 Å². The molecule has 1 aliphatic heterocycles. The predicted molar refractivity (Wildman–Crippen MR) is 89.0 cm³/mol. The van der Waals surface area contributed by atoms with E-state index >= 15 is 0 Å². The van der Waals surface area contributed by atoms with Crippen LogP contribution in [0.3, 0.4) is 0 Å². The van der Waals surface area contributed by atoms with Crippen molar-refractivity contribution in [3.8, 4) is 24.0 Å². The van der Waals surface area contributed by atoms with Crippen LogP contribution in [0.4, 0.5) is 0 Å². The first-order valence-electron chi connectivity index (χ1n) is 7.00. The van der Waals surface area contributed by atoms with Gasteiger partial charge >= 0.3 is 0 Å². The Morgan fingerprint density at radius 3 is 2.33 bits per heavy atom. The fourth-order valence-corrected chi connectivity index (χ4v) is 3.69. The van der Waals surface area contributed by atoms with E-state index < -0.39 is 4.93 Å². The highest BCUT2D eigenvalue weighted by molar-refractivity contribution is 8.00. The normalized spacial score (nSPS) is 19.0. The van der Waals surface area contributed by atoms with E-state index in [9.17, 15) is 15.8 Å². The highest BCUT2D eigenvalue weighted by Crippen LogP contribution is 2.53. The van der Waals surface area contributed by atoms with Crippen LogP contribution >= 0.6 is 11.8 Å². The minimum absolute atomic E-state index is 0.0184. The van der Waals surface area contributed by atoms with Gasteiger partial charge in [0, 0.05) is 5.56 Å². The van der Waals surface area contributed by atoms with E-state index in [1.807, 2.05) is 25.1 Å². The third kappa shape index (κ3) is 2.65. The van der Waals surface area contributed by atoms with E-state index in [2.05, 4.69) is 0 Å². The number of thioether (sulfide) groups is 1. The van der Waals surface area contributed by atoms with Crippen molar-refractivity contribution in [1.82, 2.24) is 0 Å². The number of benzene rings is 1. The zero-order valence-electron chi connectivity index (χ0n) is 13.2. The molecule has 1 atom stereocenters. The first-order valence-corrected chi connectivity index (χ1v) is 7.99. The van der Waals surface area contributed by atoms with Gasteiger partial charge in [0.15, 0.2) is 0 Å². The summed E-state index contributed by atoms with van der Waals surface area (Å²) in [5.74, 6) is 1.18. The molecule has 6 nitrogen and oxygen atoms in total. The molecule has 0 amide bonds. The van der Waals surface area contributed by atoms with Crippen molar-refractivity contribution in [2.24, 2.45) is 5.73 Å². The maximum absolute atomic E-state index is 9.43. The van der Waals surface area contributed by atoms with E-state index in [0.717, 1.165) is 0 Å². The third-order valence-electron chi connectivity index (χ3n) is 3.48. The summed E-state index contributed by atoms with van der Waals surface area (Å²) in [6.07, 6.45) is 0. The predicted octanol–water partition coefficient (Wildman–Crippen LogP) is 2.67. The topological polar surface area (TPSA) is 116 Å². The molecule has 24 heavy (non-hydrogen) atoms. The first kappa shape index (κ1) is 17.3. The molecular formula is C17H14N4O2S. The number of hydrogen-bond acceptors (Lipinski definition) is 7. The lowest BCUT2D eigenvalue weighted by atomic mass is 9.93. The maximum Gasteiger partial charge on any atom is 0.211 e. The maximum atomic E-state index is 9.43. The summed E-state index contributed by atoms with van der Waals surface area (Å²) >= 11 is 1.35. The fraction of sp³-hybridized carbons (Fsp3) is 0.235. The molecule has 0 saturated heterocycles. The van der Waals surface area contributed by atoms with Crippen LogP contribution in [0.2, 0.25) is 0 Å². The first-order chi connectivity index (χ1) is 11.6. The van der Waals surface area contributed by atoms with Crippen molar-refractivity contribution in [1.29, 1.82) is 15.8 Å². The molecule has 1 heterocycles. The lowest BCUT2D eigenvalue weighted by molar-refractivity contribution is 0.134. The van der Waals surface area contributed by atoms with E-state index in [1.165, 1.54) is 11.8 Å². The quantitative estimate of drug-likeness (QED) is 0.839. The Morgan fingerprint density at radius 2 is 1.88 bits per heavy atom. The molecule has 0 spiro atoms. The number of allylic oxidation sites excluding steroid dienone is 1. The second kappa shape index (κ2) is 7.00. The van der Waals surface area contributed by atoms with Crippen LogP contribution < -0.4 is 10.5 Å². The van der Waals surface area contributed by atoms with Crippen molar-refractivity contribution in [3.05, 3.63) is 52.4 Å². The summed E-state index contributed by atoms with van der Waals surface area (Å²) < 4.78 is 11.0. The average Bonchev–Trinajstić information content (AvgIpc) is 2.89. The van der Waals surface area contributed by atoms with Crippen LogP contribution in [0.1, 0.15) is 12.5 Å². The Bertz CT molecular complexity index is 821. The standard InChI is InChI=1S/C17H14N4O2S/c1-3-24-17(12-4-6-13(22-2)7-5-12)15(11(8-18)9-19)14(10-20)16(21)23-17/h4-7H,3,21H2,1-2H3. The molecule has 2 rings (SSSR count). The highest BCUT2D eigenvalue weighted by atomic mass is 32.2. The Kier molecular flexibility index (Phi) is 5.04. The molecule has 120 valence electrons. The van der Waals surface area contributed by atoms with Gasteiger partial charge in [-0.05, 0) is 17.9 Å². The molecule has 1 aliphatic rings. The van der Waals surface area contributed by atoms with Gasteiger partial charge in [0.05, 0.1) is 12.7 Å². The smallest absolute Gasteiger partial charge is 0.211 e. The van der Waals surface area contributed by atoms with Crippen molar-refractivity contribution >= 4 is 11.8 Å². The zero-order chi connectivity index (χ0) is 17.7. The Labute approximate surface area is 144 Å². The minimum Gasteiger partial charge on any atom is -0.497 e. The van der Waals surface area contributed by atoms with E-state index in [-0.39, 0.29) is 22.6 Å². The lowest BCUT2D eigenvalue weighted by Crippen LogP contribution is -2.26. The summed E-state index contributed by atoms with van der Waals surface area (Å²) in [4.78, 5) is -1.21. The third-order valence-corrected chi connectivity index (χ3v) is 4.70. The summed E-state index contributed by atoms with van der Waals surface area (Å²) in [5, 5.41) is 28.1. The molecule has 0 radical (unpaired) electrons. The van der Waals surface area contributed by atoms with Crippen LogP contribution in [0, 0.1) is 34.0 Å². The average molecular weight is 338 g/mol. The number of nitrogens with two attached hydrogens (primary N) is 1. The Balaban J connectivity index is 2.77. The number of rotatable bonds is 4. The second-order valence-corrected chi connectivity index (χ2v) is 6.15. The second-order valence-electron chi connectivity index (χ2n) is 4.70. The molecule has 0 fully saturated rings. The molecule has 7 heteroatoms. The highest BCUT2D eigenvalue weighted by Gasteiger charge is 2.49. The number of ether oxygens (including phenoxy) is 2. The number of nitriles is 3. The van der Waals surface area contributed by atoms with Crippen molar-refractivity contribution in [2.75, 3.05) is 12.9 Å². The van der Waals surface area contributed by atoms with Gasteiger partial charge in [-0.25, -0.2) is 0 Å². The van der Waals surface area contributed by atoms with Gasteiger partial charge in [-0.2, -0.15) is 15.8 Å². The van der Waals surface area contributed by atoms with Crippen molar-refractivity contribution in [3.63, 3.8) is 0 Å². The van der Waals surface area contributed by atoms with E-state index in [0.29, 0.717) is 17.1 Å². The van der Waals surface area contributed by atoms with Gasteiger partial charge in [0.1, 0.15) is 35.1 Å². The van der Waals surface area contributed by atoms with Gasteiger partial charge in [-0.1, -0.05) is 19.1 Å². The van der Waals surface area contributed by atoms with Gasteiger partial charge in [0.2, 0.25) is 10.8 Å². The molecular weight excluding hydrogens is 324 g/mol. The van der Waals surface area contributed by atoms with Crippen LogP contribution in [0.25, 0.3) is 0 Å². The molecule has 1 unspecified atom stereocenters. The van der Waals surface area contributed by atoms with Crippen LogP contribution in [0.15, 0.2) is 46.9 Å². The number of nitrogens with zero attached hydrogens (tertiary/aromatic N) is 3. The van der Waals surface area contributed by atoms with Crippen molar-refractivity contribution < 1.29 is 9.47 Å². The molecule has 2 N–H and O–H groups in total. The summed E-state index contributed by atoms with van der Waals surface area (Å²) in [5.41, 5.74) is 6.56. The summed E-state index contributed by atoms with van der Waals surface area (Å²) in [6.45, 7) is 1.91. The van der Waals surface area contributed by atoms with Crippen LogP contribution in [0.5, 0.6) is 5.75 Å². The van der Waals surface area contributed by atoms with Crippen LogP contribution in [-0.4, -0.2) is 12.9 Å². The lowest BCUT2D eigenvalue weighted by Gasteiger charge is -2.30. The molecule has 1 aromatic carbocycles. The zero-order valence-corrected chi connectivity index (χ0v) is 14.0. The SMILES string of the molecule is CCSC1(c2ccc(OC)cc2)OC(N)=C(C#N)C1=C(C#N)C#N. The molecule has 1 aromatic rings. The Morgan fingerprint density at radius 1 is 1.25 bits per heavy atom. The molecule has 0 aliphatic carbocycles. The number of hydrogen-bond donors (Lipinski definition) is 1. The molecule has 0 bridgehead atoms. The van der Waals surface area contributed by atoms with E-state index in [1.54, 1.807) is 31.4 Å². The monoisotopic (exact) mass is 338 g/mol. The van der Waals surface area contributed by atoms with Gasteiger partial charge in [-0.15, -0.1) is 11.8 Å².